The van der Waals surface area contributed by atoms with Gasteiger partial charge in [-0.15, -0.1) is 0 Å². The number of aryl methyl sites for hydroxylation is 3. The van der Waals surface area contributed by atoms with E-state index in [4.69, 9.17) is 5.11 Å². The second-order valence-corrected chi connectivity index (χ2v) is 4.05. The Bertz CT molecular complexity index is 561. The average Bonchev–Trinajstić information content (AvgIpc) is 2.70. The van der Waals surface area contributed by atoms with E-state index >= 15 is 0 Å². The van der Waals surface area contributed by atoms with Crippen molar-refractivity contribution >= 4 is 5.97 Å². The van der Waals surface area contributed by atoms with Crippen molar-refractivity contribution in [1.82, 2.24) is 9.55 Å². The van der Waals surface area contributed by atoms with Gasteiger partial charge in [0.1, 0.15) is 11.5 Å². The average molecular weight is 248 g/mol. The molecule has 1 aromatic heterocycles. The normalized spacial score (nSPS) is 10.6. The number of hydrogen-bond acceptors (Lipinski definition) is 2. The summed E-state index contributed by atoms with van der Waals surface area (Å²) in [6.45, 7) is 2.17. The molecule has 1 N–H and O–H groups in total. The van der Waals surface area contributed by atoms with E-state index in [-0.39, 0.29) is 11.5 Å². The molecule has 0 aliphatic heterocycles. The molecule has 18 heavy (non-hydrogen) atoms. The summed E-state index contributed by atoms with van der Waals surface area (Å²) in [5.41, 5.74) is 1.66. The molecule has 2 aromatic rings. The van der Waals surface area contributed by atoms with Crippen LogP contribution in [0.4, 0.5) is 4.39 Å². The van der Waals surface area contributed by atoms with Crippen LogP contribution >= 0.6 is 0 Å². The minimum absolute atomic E-state index is 0.206. The van der Waals surface area contributed by atoms with Gasteiger partial charge in [-0.2, -0.15) is 0 Å². The van der Waals surface area contributed by atoms with Crippen molar-refractivity contribution in [2.45, 2.75) is 19.9 Å². The Balaban J connectivity index is 2.11. The number of carbonyl (C=O) groups is 1. The lowest BCUT2D eigenvalue weighted by Gasteiger charge is -2.06. The molecule has 0 fully saturated rings. The molecule has 0 saturated carbocycles. The monoisotopic (exact) mass is 248 g/mol. The number of benzene rings is 1. The smallest absolute Gasteiger partial charge is 0.354 e. The molecule has 0 saturated heterocycles. The first kappa shape index (κ1) is 12.3. The maximum absolute atomic E-state index is 12.7. The van der Waals surface area contributed by atoms with Crippen LogP contribution in [-0.4, -0.2) is 20.6 Å². The number of rotatable bonds is 4. The fourth-order valence-corrected chi connectivity index (χ4v) is 1.83. The van der Waals surface area contributed by atoms with Gasteiger partial charge in [0, 0.05) is 6.54 Å². The molecule has 94 valence electrons. The zero-order chi connectivity index (χ0) is 13.1. The third-order valence-corrected chi connectivity index (χ3v) is 2.78. The number of carboxylic acids is 1. The minimum Gasteiger partial charge on any atom is -0.477 e. The molecule has 2 rings (SSSR count). The van der Waals surface area contributed by atoms with Crippen LogP contribution in [0.15, 0.2) is 30.6 Å². The molecule has 0 amide bonds. The van der Waals surface area contributed by atoms with Crippen LogP contribution in [0.2, 0.25) is 0 Å². The van der Waals surface area contributed by atoms with Gasteiger partial charge in [-0.1, -0.05) is 12.1 Å². The van der Waals surface area contributed by atoms with Crippen LogP contribution in [0.5, 0.6) is 0 Å². The molecule has 0 bridgehead atoms. The Morgan fingerprint density at radius 2 is 2.06 bits per heavy atom. The summed E-state index contributed by atoms with van der Waals surface area (Å²) in [6, 6.07) is 6.18. The van der Waals surface area contributed by atoms with E-state index in [0.29, 0.717) is 18.7 Å². The van der Waals surface area contributed by atoms with Gasteiger partial charge in [0.15, 0.2) is 0 Å². The molecule has 1 aromatic carbocycles. The summed E-state index contributed by atoms with van der Waals surface area (Å²) in [5.74, 6) is -1.26. The third kappa shape index (κ3) is 2.56. The fraction of sp³-hybridized carbons (Fsp3) is 0.231. The first-order valence-corrected chi connectivity index (χ1v) is 5.57. The van der Waals surface area contributed by atoms with Crippen LogP contribution in [0, 0.1) is 12.7 Å². The zero-order valence-electron chi connectivity index (χ0n) is 9.93. The summed E-state index contributed by atoms with van der Waals surface area (Å²) < 4.78 is 14.3. The Morgan fingerprint density at radius 3 is 2.67 bits per heavy atom. The Labute approximate surface area is 104 Å². The van der Waals surface area contributed by atoms with Crippen molar-refractivity contribution in [3.63, 3.8) is 0 Å². The van der Waals surface area contributed by atoms with E-state index in [1.54, 1.807) is 23.6 Å². The van der Waals surface area contributed by atoms with E-state index in [1.165, 1.54) is 18.5 Å². The number of hydrogen-bond donors (Lipinski definition) is 1. The molecule has 0 aliphatic rings. The predicted octanol–water partition coefficient (Wildman–Crippen LogP) is 2.27. The number of aromatic carboxylic acids is 1. The molecule has 0 spiro atoms. The van der Waals surface area contributed by atoms with Gasteiger partial charge >= 0.3 is 5.97 Å². The molecule has 5 heteroatoms. The van der Waals surface area contributed by atoms with Gasteiger partial charge in [-0.25, -0.2) is 14.2 Å². The lowest BCUT2D eigenvalue weighted by molar-refractivity contribution is 0.0684. The summed E-state index contributed by atoms with van der Waals surface area (Å²) in [4.78, 5) is 15.0. The summed E-state index contributed by atoms with van der Waals surface area (Å²) in [6.07, 6.45) is 2.15. The summed E-state index contributed by atoms with van der Waals surface area (Å²) in [5, 5.41) is 9.06. The highest BCUT2D eigenvalue weighted by Crippen LogP contribution is 2.09. The number of nitrogens with zero attached hydrogens (tertiary/aromatic N) is 2. The van der Waals surface area contributed by atoms with E-state index in [0.717, 1.165) is 5.56 Å². The Kier molecular flexibility index (Phi) is 3.41. The molecule has 0 aliphatic carbocycles. The predicted molar refractivity (Wildman–Crippen MR) is 64.0 cm³/mol. The third-order valence-electron chi connectivity index (χ3n) is 2.78. The quantitative estimate of drug-likeness (QED) is 0.903. The number of imidazole rings is 1. The minimum atomic E-state index is -0.982. The van der Waals surface area contributed by atoms with Crippen molar-refractivity contribution in [3.05, 3.63) is 53.4 Å². The summed E-state index contributed by atoms with van der Waals surface area (Å²) >= 11 is 0. The van der Waals surface area contributed by atoms with Gasteiger partial charge in [0.05, 0.1) is 12.0 Å². The Morgan fingerprint density at radius 1 is 1.39 bits per heavy atom. The Hall–Kier alpha value is -2.17. The molecule has 1 heterocycles. The van der Waals surface area contributed by atoms with Crippen molar-refractivity contribution in [2.24, 2.45) is 0 Å². The lowest BCUT2D eigenvalue weighted by Crippen LogP contribution is -2.10. The van der Waals surface area contributed by atoms with Gasteiger partial charge in [0.2, 0.25) is 0 Å². The highest BCUT2D eigenvalue weighted by atomic mass is 19.1. The standard InChI is InChI=1S/C13H13FN2O2/c1-9-12(13(17)18)16(8-15-9)7-6-10-2-4-11(14)5-3-10/h2-5,8H,6-7H2,1H3,(H,17,18). The zero-order valence-corrected chi connectivity index (χ0v) is 9.93. The largest absolute Gasteiger partial charge is 0.477 e. The highest BCUT2D eigenvalue weighted by molar-refractivity contribution is 5.86. The summed E-state index contributed by atoms with van der Waals surface area (Å²) in [7, 11) is 0. The van der Waals surface area contributed by atoms with Crippen LogP contribution in [0.3, 0.4) is 0 Å². The van der Waals surface area contributed by atoms with Gasteiger partial charge in [-0.05, 0) is 31.0 Å². The van der Waals surface area contributed by atoms with E-state index in [9.17, 15) is 9.18 Å². The second kappa shape index (κ2) is 5.00. The van der Waals surface area contributed by atoms with E-state index < -0.39 is 5.97 Å². The SMILES string of the molecule is Cc1ncn(CCc2ccc(F)cc2)c1C(=O)O. The molecule has 0 radical (unpaired) electrons. The van der Waals surface area contributed by atoms with E-state index in [1.807, 2.05) is 0 Å². The molecular formula is C13H13FN2O2. The second-order valence-electron chi connectivity index (χ2n) is 4.05. The van der Waals surface area contributed by atoms with Crippen LogP contribution < -0.4 is 0 Å². The van der Waals surface area contributed by atoms with Crippen LogP contribution in [0.1, 0.15) is 21.7 Å². The first-order valence-electron chi connectivity index (χ1n) is 5.57. The van der Waals surface area contributed by atoms with Crippen molar-refractivity contribution in [3.8, 4) is 0 Å². The molecular weight excluding hydrogens is 235 g/mol. The topological polar surface area (TPSA) is 55.1 Å². The fourth-order valence-electron chi connectivity index (χ4n) is 1.83. The van der Waals surface area contributed by atoms with Gasteiger partial charge < -0.3 is 9.67 Å². The van der Waals surface area contributed by atoms with Crippen molar-refractivity contribution < 1.29 is 14.3 Å². The lowest BCUT2D eigenvalue weighted by atomic mass is 10.1. The number of carboxylic acid groups (broad SMARTS) is 1. The number of halogens is 1. The molecule has 4 nitrogen and oxygen atoms in total. The molecule has 0 atom stereocenters. The highest BCUT2D eigenvalue weighted by Gasteiger charge is 2.14. The van der Waals surface area contributed by atoms with Crippen LogP contribution in [-0.2, 0) is 13.0 Å². The van der Waals surface area contributed by atoms with E-state index in [2.05, 4.69) is 4.98 Å². The van der Waals surface area contributed by atoms with Gasteiger partial charge in [-0.3, -0.25) is 0 Å². The van der Waals surface area contributed by atoms with Crippen molar-refractivity contribution in [2.75, 3.05) is 0 Å². The first-order chi connectivity index (χ1) is 8.58. The van der Waals surface area contributed by atoms with Crippen LogP contribution in [0.25, 0.3) is 0 Å². The molecule has 0 unspecified atom stereocenters. The maximum atomic E-state index is 12.7. The maximum Gasteiger partial charge on any atom is 0.354 e. The number of aromatic nitrogens is 2. The van der Waals surface area contributed by atoms with Crippen molar-refractivity contribution in [1.29, 1.82) is 0 Å². The van der Waals surface area contributed by atoms with Gasteiger partial charge in [0.25, 0.3) is 0 Å².